The van der Waals surface area contributed by atoms with Crippen LogP contribution in [0.4, 0.5) is 17.5 Å². The highest BCUT2D eigenvalue weighted by molar-refractivity contribution is 7.85. The summed E-state index contributed by atoms with van der Waals surface area (Å²) in [5, 5.41) is 4.17. The highest BCUT2D eigenvalue weighted by Gasteiger charge is 2.28. The van der Waals surface area contributed by atoms with Crippen LogP contribution in [-0.2, 0) is 30.3 Å². The lowest BCUT2D eigenvalue weighted by Gasteiger charge is -2.36. The number of fused-ring (bicyclic) bond motifs is 1. The molecule has 2 aliphatic heterocycles. The Morgan fingerprint density at radius 2 is 1.75 bits per heavy atom. The SMILES string of the molecule is NCc1ccc(CNc2nc(N3CCN(c4ccc(Cl)cc4)CC3)nc3c2S(=O)CC3)s1. The lowest BCUT2D eigenvalue weighted by molar-refractivity contribution is 0.637. The molecule has 4 heterocycles. The van der Waals surface area contributed by atoms with Gasteiger partial charge in [0.1, 0.15) is 10.7 Å². The molecule has 3 N–H and O–H groups in total. The van der Waals surface area contributed by atoms with E-state index in [4.69, 9.17) is 27.3 Å². The number of anilines is 3. The molecular formula is C22H25ClN6OS2. The van der Waals surface area contributed by atoms with Gasteiger partial charge in [0.2, 0.25) is 5.95 Å². The summed E-state index contributed by atoms with van der Waals surface area (Å²) < 4.78 is 12.6. The minimum absolute atomic E-state index is 0.545. The molecule has 1 saturated heterocycles. The maximum Gasteiger partial charge on any atom is 0.227 e. The zero-order valence-electron chi connectivity index (χ0n) is 17.6. The van der Waals surface area contributed by atoms with Crippen LogP contribution in [0.15, 0.2) is 41.3 Å². The Hall–Kier alpha value is -2.20. The highest BCUT2D eigenvalue weighted by Crippen LogP contribution is 2.31. The lowest BCUT2D eigenvalue weighted by atomic mass is 10.2. The minimum atomic E-state index is -1.05. The molecule has 2 aromatic heterocycles. The average Bonchev–Trinajstić information content (AvgIpc) is 3.44. The number of thiophene rings is 1. The molecule has 0 saturated carbocycles. The van der Waals surface area contributed by atoms with Crippen molar-refractivity contribution >= 4 is 51.2 Å². The molecule has 5 rings (SSSR count). The third-order valence-corrected chi connectivity index (χ3v) is 8.60. The van der Waals surface area contributed by atoms with Crippen molar-refractivity contribution in [3.8, 4) is 0 Å². The van der Waals surface area contributed by atoms with Gasteiger partial charge in [0.05, 0.1) is 23.0 Å². The normalized spacial score (nSPS) is 18.1. The zero-order chi connectivity index (χ0) is 22.1. The molecule has 1 atom stereocenters. The predicted octanol–water partition coefficient (Wildman–Crippen LogP) is 3.25. The third-order valence-electron chi connectivity index (χ3n) is 5.78. The number of hydrogen-bond donors (Lipinski definition) is 2. The van der Waals surface area contributed by atoms with Crippen LogP contribution in [0.3, 0.4) is 0 Å². The first-order chi connectivity index (χ1) is 15.6. The van der Waals surface area contributed by atoms with Gasteiger partial charge in [-0.1, -0.05) is 11.6 Å². The van der Waals surface area contributed by atoms with E-state index < -0.39 is 10.8 Å². The average molecular weight is 489 g/mol. The summed E-state index contributed by atoms with van der Waals surface area (Å²) in [6.45, 7) is 4.60. The second-order valence-electron chi connectivity index (χ2n) is 7.82. The topological polar surface area (TPSA) is 87.4 Å². The third kappa shape index (κ3) is 4.47. The van der Waals surface area contributed by atoms with Crippen LogP contribution >= 0.6 is 22.9 Å². The van der Waals surface area contributed by atoms with Crippen molar-refractivity contribution in [3.05, 3.63) is 56.9 Å². The van der Waals surface area contributed by atoms with E-state index in [1.165, 1.54) is 10.6 Å². The molecule has 2 aliphatic rings. The molecular weight excluding hydrogens is 464 g/mol. The summed E-state index contributed by atoms with van der Waals surface area (Å²) in [4.78, 5) is 17.3. The quantitative estimate of drug-likeness (QED) is 0.550. The van der Waals surface area contributed by atoms with Gasteiger partial charge in [-0.05, 0) is 36.4 Å². The maximum atomic E-state index is 12.6. The molecule has 0 radical (unpaired) electrons. The summed E-state index contributed by atoms with van der Waals surface area (Å²) in [6, 6.07) is 12.1. The van der Waals surface area contributed by atoms with Gasteiger partial charge < -0.3 is 20.9 Å². The second kappa shape index (κ2) is 9.35. The van der Waals surface area contributed by atoms with Crippen LogP contribution in [0.25, 0.3) is 0 Å². The van der Waals surface area contributed by atoms with Crippen molar-refractivity contribution in [2.75, 3.05) is 47.0 Å². The Kier molecular flexibility index (Phi) is 6.32. The molecule has 3 aromatic rings. The Labute approximate surface area is 199 Å². The Bertz CT molecular complexity index is 1130. The zero-order valence-corrected chi connectivity index (χ0v) is 20.0. The van der Waals surface area contributed by atoms with E-state index in [9.17, 15) is 4.21 Å². The number of piperazine rings is 1. The summed E-state index contributed by atoms with van der Waals surface area (Å²) in [5.41, 5.74) is 7.82. The minimum Gasteiger partial charge on any atom is -0.368 e. The van der Waals surface area contributed by atoms with Gasteiger partial charge in [-0.15, -0.1) is 11.3 Å². The number of nitrogens with one attached hydrogen (secondary N) is 1. The summed E-state index contributed by atoms with van der Waals surface area (Å²) in [5.74, 6) is 2.03. The van der Waals surface area contributed by atoms with Gasteiger partial charge in [-0.2, -0.15) is 4.98 Å². The summed E-state index contributed by atoms with van der Waals surface area (Å²) in [6.07, 6.45) is 0.729. The van der Waals surface area contributed by atoms with E-state index in [0.717, 1.165) is 59.0 Å². The van der Waals surface area contributed by atoms with E-state index in [-0.39, 0.29) is 0 Å². The van der Waals surface area contributed by atoms with Crippen LogP contribution in [0.2, 0.25) is 5.02 Å². The highest BCUT2D eigenvalue weighted by atomic mass is 35.5. The number of aryl methyl sites for hydroxylation is 1. The van der Waals surface area contributed by atoms with Gasteiger partial charge >= 0.3 is 0 Å². The number of rotatable bonds is 6. The van der Waals surface area contributed by atoms with Crippen molar-refractivity contribution in [3.63, 3.8) is 0 Å². The molecule has 168 valence electrons. The molecule has 32 heavy (non-hydrogen) atoms. The monoisotopic (exact) mass is 488 g/mol. The number of halogens is 1. The maximum absolute atomic E-state index is 12.6. The van der Waals surface area contributed by atoms with Crippen molar-refractivity contribution < 1.29 is 4.21 Å². The van der Waals surface area contributed by atoms with Crippen molar-refractivity contribution in [1.82, 2.24) is 9.97 Å². The summed E-state index contributed by atoms with van der Waals surface area (Å²) in [7, 11) is -1.05. The van der Waals surface area contributed by atoms with Gasteiger partial charge in [0, 0.05) is 65.4 Å². The smallest absolute Gasteiger partial charge is 0.227 e. The molecule has 0 bridgehead atoms. The standard InChI is InChI=1S/C22H25ClN6OS2/c23-15-1-3-16(4-2-15)28-8-10-29(11-9-28)22-26-19-7-12-32(30)20(19)21(27-22)25-14-18-6-5-17(13-24)31-18/h1-6H,7-14,24H2,(H,25,26,27). The number of nitrogens with two attached hydrogens (primary N) is 1. The largest absolute Gasteiger partial charge is 0.368 e. The molecule has 1 aromatic carbocycles. The Balaban J connectivity index is 1.32. The van der Waals surface area contributed by atoms with Gasteiger partial charge in [-0.25, -0.2) is 4.98 Å². The van der Waals surface area contributed by atoms with Crippen LogP contribution in [0.5, 0.6) is 0 Å². The second-order valence-corrected chi connectivity index (χ2v) is 11.0. The van der Waals surface area contributed by atoms with E-state index in [1.807, 2.05) is 12.1 Å². The fourth-order valence-electron chi connectivity index (χ4n) is 4.06. The van der Waals surface area contributed by atoms with Crippen molar-refractivity contribution in [2.24, 2.45) is 5.73 Å². The van der Waals surface area contributed by atoms with Crippen LogP contribution in [-0.4, -0.2) is 46.1 Å². The predicted molar refractivity (Wildman–Crippen MR) is 132 cm³/mol. The van der Waals surface area contributed by atoms with E-state index >= 15 is 0 Å². The molecule has 0 aliphatic carbocycles. The Morgan fingerprint density at radius 1 is 1.03 bits per heavy atom. The van der Waals surface area contributed by atoms with E-state index in [1.54, 1.807) is 11.3 Å². The molecule has 1 unspecified atom stereocenters. The first-order valence-electron chi connectivity index (χ1n) is 10.7. The van der Waals surface area contributed by atoms with Crippen LogP contribution < -0.4 is 20.9 Å². The fourth-order valence-corrected chi connectivity index (χ4v) is 6.35. The van der Waals surface area contributed by atoms with E-state index in [0.29, 0.717) is 24.7 Å². The van der Waals surface area contributed by atoms with Crippen LogP contribution in [0.1, 0.15) is 15.4 Å². The molecule has 0 spiro atoms. The molecule has 10 heteroatoms. The summed E-state index contributed by atoms with van der Waals surface area (Å²) >= 11 is 7.71. The van der Waals surface area contributed by atoms with Gasteiger partial charge in [0.15, 0.2) is 0 Å². The van der Waals surface area contributed by atoms with Crippen molar-refractivity contribution in [2.45, 2.75) is 24.4 Å². The van der Waals surface area contributed by atoms with Crippen LogP contribution in [0, 0.1) is 0 Å². The Morgan fingerprint density at radius 3 is 2.47 bits per heavy atom. The van der Waals surface area contributed by atoms with Gasteiger partial charge in [0.25, 0.3) is 0 Å². The molecule has 7 nitrogen and oxygen atoms in total. The van der Waals surface area contributed by atoms with E-state index in [2.05, 4.69) is 39.4 Å². The number of benzene rings is 1. The number of aromatic nitrogens is 2. The number of hydrogen-bond acceptors (Lipinski definition) is 8. The number of nitrogens with zero attached hydrogens (tertiary/aromatic N) is 4. The van der Waals surface area contributed by atoms with Crippen molar-refractivity contribution in [1.29, 1.82) is 0 Å². The fraction of sp³-hybridized carbons (Fsp3) is 0.364. The first-order valence-corrected chi connectivity index (χ1v) is 13.2. The molecule has 0 amide bonds. The molecule has 1 fully saturated rings. The van der Waals surface area contributed by atoms with Gasteiger partial charge in [-0.3, -0.25) is 4.21 Å². The lowest BCUT2D eigenvalue weighted by Crippen LogP contribution is -2.47. The first kappa shape index (κ1) is 21.6.